The SMILES string of the molecule is CCCC1CC1NC(=NCC(C)(O)CN1CCOCC1)NCC. The number of rotatable bonds is 8. The second-order valence-electron chi connectivity index (χ2n) is 7.12. The van der Waals surface area contributed by atoms with Crippen LogP contribution in [0.5, 0.6) is 0 Å². The zero-order valence-corrected chi connectivity index (χ0v) is 15.0. The number of nitrogens with one attached hydrogen (secondary N) is 2. The van der Waals surface area contributed by atoms with Crippen LogP contribution in [0.1, 0.15) is 40.0 Å². The van der Waals surface area contributed by atoms with Gasteiger partial charge in [-0.1, -0.05) is 13.3 Å². The monoisotopic (exact) mass is 326 g/mol. The van der Waals surface area contributed by atoms with Crippen LogP contribution in [0.4, 0.5) is 0 Å². The third-order valence-corrected chi connectivity index (χ3v) is 4.49. The lowest BCUT2D eigenvalue weighted by atomic mass is 10.1. The third-order valence-electron chi connectivity index (χ3n) is 4.49. The Balaban J connectivity index is 1.80. The first-order valence-electron chi connectivity index (χ1n) is 9.11. The molecule has 0 aromatic heterocycles. The molecular formula is C17H34N4O2. The molecule has 1 saturated heterocycles. The van der Waals surface area contributed by atoms with Crippen molar-refractivity contribution >= 4 is 5.96 Å². The summed E-state index contributed by atoms with van der Waals surface area (Å²) in [6, 6.07) is 0.553. The van der Waals surface area contributed by atoms with Crippen molar-refractivity contribution in [2.24, 2.45) is 10.9 Å². The molecule has 23 heavy (non-hydrogen) atoms. The second-order valence-corrected chi connectivity index (χ2v) is 7.12. The molecule has 134 valence electrons. The maximum atomic E-state index is 10.6. The second kappa shape index (κ2) is 8.85. The fourth-order valence-electron chi connectivity index (χ4n) is 3.15. The van der Waals surface area contributed by atoms with Gasteiger partial charge in [0.05, 0.1) is 25.4 Å². The van der Waals surface area contributed by atoms with Crippen molar-refractivity contribution in [2.75, 3.05) is 45.9 Å². The van der Waals surface area contributed by atoms with E-state index in [1.807, 2.05) is 6.92 Å². The van der Waals surface area contributed by atoms with Crippen LogP contribution < -0.4 is 10.6 Å². The maximum absolute atomic E-state index is 10.6. The van der Waals surface area contributed by atoms with Crippen LogP contribution in [0.25, 0.3) is 0 Å². The van der Waals surface area contributed by atoms with Crippen LogP contribution in [-0.4, -0.2) is 73.5 Å². The number of hydrogen-bond acceptors (Lipinski definition) is 4. The summed E-state index contributed by atoms with van der Waals surface area (Å²) in [4.78, 5) is 6.86. The number of ether oxygens (including phenoxy) is 1. The van der Waals surface area contributed by atoms with Crippen LogP contribution in [0, 0.1) is 5.92 Å². The van der Waals surface area contributed by atoms with Gasteiger partial charge in [-0.2, -0.15) is 0 Å². The molecular weight excluding hydrogens is 292 g/mol. The van der Waals surface area contributed by atoms with Crippen molar-refractivity contribution in [3.8, 4) is 0 Å². The molecule has 2 rings (SSSR count). The lowest BCUT2D eigenvalue weighted by molar-refractivity contribution is -0.0180. The van der Waals surface area contributed by atoms with E-state index in [0.717, 1.165) is 44.7 Å². The van der Waals surface area contributed by atoms with E-state index in [4.69, 9.17) is 4.74 Å². The molecule has 2 aliphatic rings. The van der Waals surface area contributed by atoms with Gasteiger partial charge in [0.2, 0.25) is 0 Å². The Morgan fingerprint density at radius 2 is 2.09 bits per heavy atom. The van der Waals surface area contributed by atoms with Crippen molar-refractivity contribution in [3.05, 3.63) is 0 Å². The minimum absolute atomic E-state index is 0.408. The van der Waals surface area contributed by atoms with Crippen molar-refractivity contribution in [3.63, 3.8) is 0 Å². The van der Waals surface area contributed by atoms with Gasteiger partial charge in [-0.3, -0.25) is 9.89 Å². The summed E-state index contributed by atoms with van der Waals surface area (Å²) in [5, 5.41) is 17.4. The molecule has 6 nitrogen and oxygen atoms in total. The zero-order valence-electron chi connectivity index (χ0n) is 15.0. The van der Waals surface area contributed by atoms with Gasteiger partial charge in [0.1, 0.15) is 0 Å². The molecule has 0 bridgehead atoms. The highest BCUT2D eigenvalue weighted by atomic mass is 16.5. The van der Waals surface area contributed by atoms with Crippen LogP contribution in [0.2, 0.25) is 0 Å². The molecule has 2 fully saturated rings. The van der Waals surface area contributed by atoms with E-state index in [9.17, 15) is 5.11 Å². The van der Waals surface area contributed by atoms with Gasteiger partial charge in [0.25, 0.3) is 0 Å². The third kappa shape index (κ3) is 6.65. The number of guanidine groups is 1. The smallest absolute Gasteiger partial charge is 0.191 e. The number of aliphatic imine (C=N–C) groups is 1. The Hall–Kier alpha value is -0.850. The fraction of sp³-hybridized carbons (Fsp3) is 0.941. The van der Waals surface area contributed by atoms with E-state index < -0.39 is 5.60 Å². The number of morpholine rings is 1. The van der Waals surface area contributed by atoms with E-state index in [-0.39, 0.29) is 0 Å². The Morgan fingerprint density at radius 3 is 2.74 bits per heavy atom. The molecule has 1 saturated carbocycles. The molecule has 1 aliphatic heterocycles. The standard InChI is InChI=1S/C17H34N4O2/c1-4-6-14-11-15(14)20-16(18-5-2)19-12-17(3,22)13-21-7-9-23-10-8-21/h14-15,22H,4-13H2,1-3H3,(H2,18,19,20). The van der Waals surface area contributed by atoms with Crippen molar-refractivity contribution in [1.82, 2.24) is 15.5 Å². The molecule has 1 heterocycles. The Morgan fingerprint density at radius 1 is 1.35 bits per heavy atom. The molecule has 3 N–H and O–H groups in total. The predicted molar refractivity (Wildman–Crippen MR) is 93.8 cm³/mol. The lowest BCUT2D eigenvalue weighted by Crippen LogP contribution is -2.48. The van der Waals surface area contributed by atoms with Gasteiger partial charge in [-0.15, -0.1) is 0 Å². The molecule has 3 unspecified atom stereocenters. The summed E-state index contributed by atoms with van der Waals surface area (Å²) in [6.07, 6.45) is 3.76. The highest BCUT2D eigenvalue weighted by Gasteiger charge is 2.36. The van der Waals surface area contributed by atoms with Gasteiger partial charge in [0.15, 0.2) is 5.96 Å². The van der Waals surface area contributed by atoms with Crippen molar-refractivity contribution in [2.45, 2.75) is 51.7 Å². The lowest BCUT2D eigenvalue weighted by Gasteiger charge is -2.33. The van der Waals surface area contributed by atoms with Gasteiger partial charge in [-0.25, -0.2) is 0 Å². The molecule has 3 atom stereocenters. The highest BCUT2D eigenvalue weighted by molar-refractivity contribution is 5.80. The van der Waals surface area contributed by atoms with E-state index in [1.165, 1.54) is 19.3 Å². The number of hydrogen-bond donors (Lipinski definition) is 3. The van der Waals surface area contributed by atoms with Crippen LogP contribution in [-0.2, 0) is 4.74 Å². The molecule has 6 heteroatoms. The predicted octanol–water partition coefficient (Wildman–Crippen LogP) is 0.813. The first kappa shape index (κ1) is 18.5. The minimum Gasteiger partial charge on any atom is -0.387 e. The minimum atomic E-state index is -0.813. The Kier molecular flexibility index (Phi) is 7.11. The highest BCUT2D eigenvalue weighted by Crippen LogP contribution is 2.34. The van der Waals surface area contributed by atoms with E-state index >= 15 is 0 Å². The normalized spacial score (nSPS) is 28.3. The van der Waals surface area contributed by atoms with E-state index in [0.29, 0.717) is 19.1 Å². The quantitative estimate of drug-likeness (QED) is 0.455. The average Bonchev–Trinajstić information content (AvgIpc) is 3.24. The molecule has 0 amide bonds. The fourth-order valence-corrected chi connectivity index (χ4v) is 3.15. The molecule has 0 aromatic rings. The summed E-state index contributed by atoms with van der Waals surface area (Å²) in [7, 11) is 0. The first-order chi connectivity index (χ1) is 11.0. The Bertz CT molecular complexity index is 381. The first-order valence-corrected chi connectivity index (χ1v) is 9.11. The van der Waals surface area contributed by atoms with Crippen molar-refractivity contribution < 1.29 is 9.84 Å². The number of aliphatic hydroxyl groups is 1. The summed E-state index contributed by atoms with van der Waals surface area (Å²) in [5.41, 5.74) is -0.813. The largest absolute Gasteiger partial charge is 0.387 e. The van der Waals surface area contributed by atoms with Crippen LogP contribution in [0.3, 0.4) is 0 Å². The maximum Gasteiger partial charge on any atom is 0.191 e. The topological polar surface area (TPSA) is 69.1 Å². The van der Waals surface area contributed by atoms with E-state index in [2.05, 4.69) is 34.4 Å². The summed E-state index contributed by atoms with van der Waals surface area (Å²) in [5.74, 6) is 1.62. The van der Waals surface area contributed by atoms with Crippen LogP contribution in [0.15, 0.2) is 4.99 Å². The van der Waals surface area contributed by atoms with Gasteiger partial charge in [0, 0.05) is 32.2 Å². The van der Waals surface area contributed by atoms with Gasteiger partial charge >= 0.3 is 0 Å². The number of nitrogens with zero attached hydrogens (tertiary/aromatic N) is 2. The summed E-state index contributed by atoms with van der Waals surface area (Å²) in [6.45, 7) is 11.3. The van der Waals surface area contributed by atoms with Gasteiger partial charge < -0.3 is 20.5 Å². The van der Waals surface area contributed by atoms with E-state index in [1.54, 1.807) is 0 Å². The summed E-state index contributed by atoms with van der Waals surface area (Å²) < 4.78 is 5.35. The van der Waals surface area contributed by atoms with Gasteiger partial charge in [-0.05, 0) is 32.6 Å². The Labute approximate surface area is 140 Å². The molecule has 0 aromatic carbocycles. The molecule has 0 spiro atoms. The molecule has 0 radical (unpaired) electrons. The average molecular weight is 326 g/mol. The number of β-amino-alcohol motifs (C(OH)–C–C–N with tert-alkyl or cyclic N) is 1. The zero-order chi connectivity index (χ0) is 16.7. The molecule has 1 aliphatic carbocycles. The summed E-state index contributed by atoms with van der Waals surface area (Å²) >= 11 is 0. The van der Waals surface area contributed by atoms with Crippen molar-refractivity contribution in [1.29, 1.82) is 0 Å². The van der Waals surface area contributed by atoms with Crippen LogP contribution >= 0.6 is 0 Å².